The maximum Gasteiger partial charge on any atom is 0.490 e. The number of ether oxygens (including phenoxy) is 1. The third-order valence-corrected chi connectivity index (χ3v) is 14.3. The van der Waals surface area contributed by atoms with Gasteiger partial charge in [-0.15, -0.1) is 0 Å². The molecule has 1 fully saturated rings. The lowest BCUT2D eigenvalue weighted by atomic mass is 10.2. The summed E-state index contributed by atoms with van der Waals surface area (Å²) in [5.41, 5.74) is -1.52. The maximum atomic E-state index is 12.2. The van der Waals surface area contributed by atoms with Crippen molar-refractivity contribution in [3.63, 3.8) is 0 Å². The molecule has 1 aliphatic heterocycles. The predicted molar refractivity (Wildman–Crippen MR) is 146 cm³/mol. The van der Waals surface area contributed by atoms with Gasteiger partial charge in [-0.3, -0.25) is 23.4 Å². The molecular weight excluding hydrogens is 762 g/mol. The molecule has 7 unspecified atom stereocenters. The summed E-state index contributed by atoms with van der Waals surface area (Å²) in [6.45, 7) is 1.58. The minimum atomic E-state index is -6.43. The van der Waals surface area contributed by atoms with Crippen LogP contribution >= 0.6 is 46.9 Å². The fraction of sp³-hybridized carbons (Fsp3) is 0.733. The largest absolute Gasteiger partial charge is 0.490 e. The average molecular weight is 792 g/mol. The van der Waals surface area contributed by atoms with E-state index in [2.05, 4.69) is 30.6 Å². The molecule has 9 atom stereocenters. The summed E-state index contributed by atoms with van der Waals surface area (Å²) in [7, 11) is -36.4. The highest BCUT2D eigenvalue weighted by Crippen LogP contribution is 2.75. The van der Waals surface area contributed by atoms with Crippen LogP contribution in [-0.4, -0.2) is 69.4 Å². The molecule has 0 aromatic carbocycles. The van der Waals surface area contributed by atoms with Gasteiger partial charge in [0.15, 0.2) is 0 Å². The van der Waals surface area contributed by atoms with Crippen molar-refractivity contribution in [1.82, 2.24) is 9.55 Å². The number of aliphatic hydroxyl groups is 1. The Bertz CT molecular complexity index is 1640. The van der Waals surface area contributed by atoms with Gasteiger partial charge in [0.1, 0.15) is 12.3 Å². The monoisotopic (exact) mass is 792 g/mol. The first kappa shape index (κ1) is 41.6. The van der Waals surface area contributed by atoms with Gasteiger partial charge in [0.05, 0.1) is 19.3 Å². The van der Waals surface area contributed by atoms with E-state index >= 15 is 0 Å². The van der Waals surface area contributed by atoms with Crippen molar-refractivity contribution in [3.8, 4) is 0 Å². The van der Waals surface area contributed by atoms with Crippen molar-refractivity contribution in [1.29, 1.82) is 0 Å². The molecule has 268 valence electrons. The lowest BCUT2D eigenvalue weighted by Crippen LogP contribution is -2.33. The summed E-state index contributed by atoms with van der Waals surface area (Å²) in [5, 5.41) is 10.2. The smallest absolute Gasteiger partial charge is 0.390 e. The Hall–Kier alpha value is -0.540. The second-order valence-corrected chi connectivity index (χ2v) is 18.4. The summed E-state index contributed by atoms with van der Waals surface area (Å²) in [5.74, 6) is 0. The standard InChI is InChI=1S/C15H30N2O23P6/c1-3-4-5-6-33-41(21,22)36-43(25,26)38-45(29,30)40-46(31,32)39-44(27,28)37-42(23,24)34-9-12-11(18)7-13(35-12)17-8-10(2)14(19)16-15(17)20/h8,11-13,18H,3-7,9H2,1-2H3,(H,21,22)(H,23,24)(H,25,26)(H,27,28)(H,29,30)(H,31,32)(H,16,19,20)/t11?,12-,13-/m1/s1. The number of aromatic nitrogens is 2. The average Bonchev–Trinajstić information content (AvgIpc) is 3.19. The van der Waals surface area contributed by atoms with Gasteiger partial charge in [0, 0.05) is 18.2 Å². The summed E-state index contributed by atoms with van der Waals surface area (Å²) >= 11 is 0. The highest BCUT2D eigenvalue weighted by Gasteiger charge is 2.50. The van der Waals surface area contributed by atoms with Crippen LogP contribution in [0, 0.1) is 6.92 Å². The van der Waals surface area contributed by atoms with E-state index in [9.17, 15) is 71.4 Å². The number of nitrogens with zero attached hydrogens (tertiary/aromatic N) is 1. The van der Waals surface area contributed by atoms with E-state index < -0.39 is 89.8 Å². The molecule has 2 heterocycles. The Balaban J connectivity index is 1.97. The zero-order valence-electron chi connectivity index (χ0n) is 23.3. The second-order valence-electron chi connectivity index (χ2n) is 8.97. The molecule has 1 saturated heterocycles. The number of aryl methyl sites for hydroxylation is 1. The first-order chi connectivity index (χ1) is 20.8. The molecule has 1 aromatic heterocycles. The van der Waals surface area contributed by atoms with Gasteiger partial charge in [-0.05, 0) is 13.3 Å². The molecular formula is C15H30N2O23P6. The molecule has 0 radical (unpaired) electrons. The first-order valence-electron chi connectivity index (χ1n) is 12.2. The van der Waals surface area contributed by atoms with Gasteiger partial charge in [0.2, 0.25) is 0 Å². The number of phosphoric ester groups is 2. The van der Waals surface area contributed by atoms with Crippen LogP contribution in [0.5, 0.6) is 0 Å². The molecule has 2 rings (SSSR count). The highest BCUT2D eigenvalue weighted by molar-refractivity contribution is 7.72. The minimum Gasteiger partial charge on any atom is -0.390 e. The lowest BCUT2D eigenvalue weighted by Gasteiger charge is -2.21. The predicted octanol–water partition coefficient (Wildman–Crippen LogP) is 1.40. The van der Waals surface area contributed by atoms with Crippen molar-refractivity contribution >= 4 is 46.9 Å². The Morgan fingerprint density at radius 3 is 1.74 bits per heavy atom. The number of aromatic amines is 1. The second kappa shape index (κ2) is 16.0. The minimum absolute atomic E-state index is 0.0936. The summed E-state index contributed by atoms with van der Waals surface area (Å²) in [6.07, 6.45) is -2.04. The fourth-order valence-corrected chi connectivity index (χ4v) is 11.1. The van der Waals surface area contributed by atoms with Crippen LogP contribution in [0.15, 0.2) is 15.8 Å². The van der Waals surface area contributed by atoms with Gasteiger partial charge in [-0.2, -0.15) is 21.6 Å². The molecule has 1 aliphatic rings. The molecule has 31 heteroatoms. The van der Waals surface area contributed by atoms with Gasteiger partial charge >= 0.3 is 52.6 Å². The molecule has 46 heavy (non-hydrogen) atoms. The quantitative estimate of drug-likeness (QED) is 0.0724. The molecule has 0 saturated carbocycles. The number of hydrogen-bond donors (Lipinski definition) is 8. The molecule has 8 N–H and O–H groups in total. The maximum absolute atomic E-state index is 12.2. The van der Waals surface area contributed by atoms with E-state index in [0.717, 1.165) is 10.8 Å². The van der Waals surface area contributed by atoms with Crippen LogP contribution in [-0.2, 0) is 62.7 Å². The summed E-state index contributed by atoms with van der Waals surface area (Å²) < 4.78 is 105. The molecule has 1 aromatic rings. The van der Waals surface area contributed by atoms with Crippen LogP contribution in [0.1, 0.15) is 44.4 Å². The number of rotatable bonds is 19. The SMILES string of the molecule is CCCCCOP(=O)(O)OP(=O)(O)OP(=O)(O)OP(=O)(O)OP(=O)(O)OP(=O)(O)OC[C@H]1O[C@@H](n2cc(C)c(=O)[nH]c2=O)CC1O. The number of nitrogens with one attached hydrogen (secondary N) is 1. The Morgan fingerprint density at radius 1 is 0.804 bits per heavy atom. The Kier molecular flexibility index (Phi) is 14.5. The number of unbranched alkanes of at least 4 members (excludes halogenated alkanes) is 2. The lowest BCUT2D eigenvalue weighted by molar-refractivity contribution is -0.0450. The van der Waals surface area contributed by atoms with Crippen LogP contribution < -0.4 is 11.2 Å². The Labute approximate surface area is 257 Å². The van der Waals surface area contributed by atoms with E-state index in [4.69, 9.17) is 4.74 Å². The zero-order chi connectivity index (χ0) is 35.4. The number of H-pyrrole nitrogens is 1. The first-order valence-corrected chi connectivity index (χ1v) is 21.2. The number of aliphatic hydroxyl groups excluding tert-OH is 1. The summed E-state index contributed by atoms with van der Waals surface area (Å²) in [4.78, 5) is 82.8. The van der Waals surface area contributed by atoms with Gasteiger partial charge in [0.25, 0.3) is 5.56 Å². The van der Waals surface area contributed by atoms with Crippen LogP contribution in [0.3, 0.4) is 0 Å². The Morgan fingerprint density at radius 2 is 1.26 bits per heavy atom. The third-order valence-electron chi connectivity index (χ3n) is 5.10. The van der Waals surface area contributed by atoms with Crippen molar-refractivity contribution in [3.05, 3.63) is 32.6 Å². The highest BCUT2D eigenvalue weighted by atomic mass is 31.3. The molecule has 25 nitrogen and oxygen atoms in total. The normalized spacial score (nSPS) is 26.6. The van der Waals surface area contributed by atoms with Crippen molar-refractivity contribution < 1.29 is 97.2 Å². The van der Waals surface area contributed by atoms with E-state index in [0.29, 0.717) is 12.8 Å². The zero-order valence-corrected chi connectivity index (χ0v) is 28.7. The van der Waals surface area contributed by atoms with E-state index in [1.54, 1.807) is 6.92 Å². The molecule has 0 aliphatic carbocycles. The molecule has 0 spiro atoms. The van der Waals surface area contributed by atoms with E-state index in [-0.39, 0.29) is 18.4 Å². The van der Waals surface area contributed by atoms with E-state index in [1.807, 2.05) is 4.98 Å². The summed E-state index contributed by atoms with van der Waals surface area (Å²) in [6, 6.07) is 0. The third kappa shape index (κ3) is 14.1. The van der Waals surface area contributed by atoms with E-state index in [1.165, 1.54) is 6.92 Å². The van der Waals surface area contributed by atoms with Crippen LogP contribution in [0.4, 0.5) is 0 Å². The molecule has 0 bridgehead atoms. The van der Waals surface area contributed by atoms with Gasteiger partial charge in [-0.1, -0.05) is 19.8 Å². The topological polar surface area (TPSA) is 373 Å². The van der Waals surface area contributed by atoms with Crippen molar-refractivity contribution in [2.24, 2.45) is 0 Å². The van der Waals surface area contributed by atoms with Crippen LogP contribution in [0.25, 0.3) is 0 Å². The van der Waals surface area contributed by atoms with Crippen molar-refractivity contribution in [2.45, 2.75) is 58.0 Å². The van der Waals surface area contributed by atoms with Crippen molar-refractivity contribution in [2.75, 3.05) is 13.2 Å². The van der Waals surface area contributed by atoms with Gasteiger partial charge < -0.3 is 39.2 Å². The number of phosphoric acid groups is 6. The molecule has 0 amide bonds. The number of hydrogen-bond acceptors (Lipinski definition) is 17. The van der Waals surface area contributed by atoms with Crippen LogP contribution in [0.2, 0.25) is 0 Å². The fourth-order valence-electron chi connectivity index (χ4n) is 3.29. The van der Waals surface area contributed by atoms with Gasteiger partial charge in [-0.25, -0.2) is 32.2 Å².